The van der Waals surface area contributed by atoms with E-state index in [-0.39, 0.29) is 11.8 Å². The summed E-state index contributed by atoms with van der Waals surface area (Å²) in [6.07, 6.45) is 5.51. The van der Waals surface area contributed by atoms with Gasteiger partial charge in [0.1, 0.15) is 0 Å². The van der Waals surface area contributed by atoms with Gasteiger partial charge in [0.05, 0.1) is 11.9 Å². The van der Waals surface area contributed by atoms with Gasteiger partial charge >= 0.3 is 0 Å². The first-order valence-electron chi connectivity index (χ1n) is 4.46. The summed E-state index contributed by atoms with van der Waals surface area (Å²) < 4.78 is 0. The molecule has 13 heavy (non-hydrogen) atoms. The smallest absolute Gasteiger partial charge is 0.229 e. The first kappa shape index (κ1) is 8.23. The highest BCUT2D eigenvalue weighted by atomic mass is 16.2. The van der Waals surface area contributed by atoms with Crippen molar-refractivity contribution in [3.8, 4) is 0 Å². The highest BCUT2D eigenvalue weighted by molar-refractivity contribution is 5.95. The van der Waals surface area contributed by atoms with Crippen LogP contribution in [0, 0.1) is 5.92 Å². The summed E-state index contributed by atoms with van der Waals surface area (Å²) in [5, 5.41) is 0. The van der Waals surface area contributed by atoms with Crippen molar-refractivity contribution in [1.29, 1.82) is 0 Å². The minimum Gasteiger partial charge on any atom is -0.314 e. The second-order valence-electron chi connectivity index (χ2n) is 3.38. The number of nitrogens with zero attached hydrogens (tertiary/aromatic N) is 2. The van der Waals surface area contributed by atoms with Crippen molar-refractivity contribution < 1.29 is 4.79 Å². The van der Waals surface area contributed by atoms with Crippen LogP contribution in [0.2, 0.25) is 0 Å². The Balaban J connectivity index is 2.12. The Morgan fingerprint density at radius 2 is 2.38 bits per heavy atom. The molecule has 1 heterocycles. The van der Waals surface area contributed by atoms with Gasteiger partial charge in [0, 0.05) is 19.2 Å². The first-order chi connectivity index (χ1) is 6.29. The van der Waals surface area contributed by atoms with E-state index in [2.05, 4.69) is 4.98 Å². The van der Waals surface area contributed by atoms with Gasteiger partial charge in [-0.3, -0.25) is 9.78 Å². The fraction of sp³-hybridized carbons (Fsp3) is 0.400. The molecule has 0 atom stereocenters. The maximum absolute atomic E-state index is 11.6. The monoisotopic (exact) mass is 176 g/mol. The fourth-order valence-electron chi connectivity index (χ4n) is 1.28. The summed E-state index contributed by atoms with van der Waals surface area (Å²) in [6, 6.07) is 3.74. The van der Waals surface area contributed by atoms with Gasteiger partial charge in [0.15, 0.2) is 0 Å². The third-order valence-electron chi connectivity index (χ3n) is 2.29. The lowest BCUT2D eigenvalue weighted by Crippen LogP contribution is -2.27. The highest BCUT2D eigenvalue weighted by Crippen LogP contribution is 2.31. The molecular formula is C10H12N2O. The maximum Gasteiger partial charge on any atom is 0.229 e. The molecule has 1 aromatic heterocycles. The van der Waals surface area contributed by atoms with Crippen LogP contribution < -0.4 is 4.90 Å². The molecule has 1 aliphatic rings. The molecule has 0 spiro atoms. The van der Waals surface area contributed by atoms with Gasteiger partial charge in [-0.2, -0.15) is 0 Å². The Bertz CT molecular complexity index is 306. The number of rotatable bonds is 2. The van der Waals surface area contributed by atoms with Gasteiger partial charge < -0.3 is 4.90 Å². The van der Waals surface area contributed by atoms with Crippen molar-refractivity contribution in [3.63, 3.8) is 0 Å². The van der Waals surface area contributed by atoms with Crippen LogP contribution in [0.25, 0.3) is 0 Å². The third kappa shape index (κ3) is 1.69. The van der Waals surface area contributed by atoms with Crippen LogP contribution in [0.4, 0.5) is 5.69 Å². The molecule has 1 aliphatic carbocycles. The summed E-state index contributed by atoms with van der Waals surface area (Å²) in [5.41, 5.74) is 0.874. The number of hydrogen-bond acceptors (Lipinski definition) is 2. The lowest BCUT2D eigenvalue weighted by atomic mass is 10.3. The Morgan fingerprint density at radius 1 is 1.62 bits per heavy atom. The van der Waals surface area contributed by atoms with Crippen LogP contribution in [0.15, 0.2) is 24.5 Å². The van der Waals surface area contributed by atoms with Crippen LogP contribution in [-0.4, -0.2) is 17.9 Å². The molecule has 1 aromatic rings. The Morgan fingerprint density at radius 3 is 2.92 bits per heavy atom. The maximum atomic E-state index is 11.6. The van der Waals surface area contributed by atoms with Crippen molar-refractivity contribution in [2.75, 3.05) is 11.9 Å². The van der Waals surface area contributed by atoms with E-state index >= 15 is 0 Å². The number of anilines is 1. The number of amides is 1. The molecule has 0 radical (unpaired) electrons. The molecule has 0 N–H and O–H groups in total. The molecule has 0 saturated heterocycles. The van der Waals surface area contributed by atoms with Crippen molar-refractivity contribution in [2.24, 2.45) is 5.92 Å². The summed E-state index contributed by atoms with van der Waals surface area (Å²) in [7, 11) is 1.80. The van der Waals surface area contributed by atoms with E-state index in [1.807, 2.05) is 12.1 Å². The minimum absolute atomic E-state index is 0.216. The van der Waals surface area contributed by atoms with E-state index in [1.54, 1.807) is 24.3 Å². The van der Waals surface area contributed by atoms with E-state index in [9.17, 15) is 4.79 Å². The zero-order chi connectivity index (χ0) is 9.26. The van der Waals surface area contributed by atoms with Gasteiger partial charge in [0.2, 0.25) is 5.91 Å². The zero-order valence-electron chi connectivity index (χ0n) is 7.60. The number of carbonyl (C=O) groups excluding carboxylic acids is 1. The molecule has 2 rings (SSSR count). The summed E-state index contributed by atoms with van der Waals surface area (Å²) in [5.74, 6) is 0.484. The number of hydrogen-bond donors (Lipinski definition) is 0. The van der Waals surface area contributed by atoms with Crippen LogP contribution in [0.1, 0.15) is 12.8 Å². The predicted molar refractivity (Wildman–Crippen MR) is 50.4 cm³/mol. The normalized spacial score (nSPS) is 15.5. The first-order valence-corrected chi connectivity index (χ1v) is 4.46. The van der Waals surface area contributed by atoms with Crippen LogP contribution in [0.3, 0.4) is 0 Å². The SMILES string of the molecule is CN(C(=O)C1CC1)c1cccnc1. The van der Waals surface area contributed by atoms with E-state index in [4.69, 9.17) is 0 Å². The van der Waals surface area contributed by atoms with Gasteiger partial charge in [-0.25, -0.2) is 0 Å². The molecule has 68 valence electrons. The molecule has 3 heteroatoms. The lowest BCUT2D eigenvalue weighted by molar-refractivity contribution is -0.119. The van der Waals surface area contributed by atoms with Crippen LogP contribution in [-0.2, 0) is 4.79 Å². The van der Waals surface area contributed by atoms with E-state index in [0.717, 1.165) is 18.5 Å². The van der Waals surface area contributed by atoms with Crippen LogP contribution >= 0.6 is 0 Å². The minimum atomic E-state index is 0.216. The summed E-state index contributed by atoms with van der Waals surface area (Å²) in [6.45, 7) is 0. The van der Waals surface area contributed by atoms with Gasteiger partial charge in [-0.1, -0.05) is 0 Å². The predicted octanol–water partition coefficient (Wildman–Crippen LogP) is 1.45. The molecular weight excluding hydrogens is 164 g/mol. The van der Waals surface area contributed by atoms with E-state index in [0.29, 0.717) is 0 Å². The van der Waals surface area contributed by atoms with Crippen molar-refractivity contribution in [1.82, 2.24) is 4.98 Å². The quantitative estimate of drug-likeness (QED) is 0.683. The molecule has 3 nitrogen and oxygen atoms in total. The zero-order valence-corrected chi connectivity index (χ0v) is 7.60. The topological polar surface area (TPSA) is 33.2 Å². The van der Waals surface area contributed by atoms with Crippen LogP contribution in [0.5, 0.6) is 0 Å². The summed E-state index contributed by atoms with van der Waals surface area (Å²) in [4.78, 5) is 17.3. The second-order valence-corrected chi connectivity index (χ2v) is 3.38. The molecule has 1 amide bonds. The van der Waals surface area contributed by atoms with E-state index in [1.165, 1.54) is 0 Å². The Kier molecular flexibility index (Phi) is 2.00. The molecule has 0 bridgehead atoms. The standard InChI is InChI=1S/C10H12N2O/c1-12(10(13)8-4-5-8)9-3-2-6-11-7-9/h2-3,6-8H,4-5H2,1H3. The van der Waals surface area contributed by atoms with Crippen molar-refractivity contribution in [3.05, 3.63) is 24.5 Å². The van der Waals surface area contributed by atoms with Gasteiger partial charge in [0.25, 0.3) is 0 Å². The Hall–Kier alpha value is -1.38. The average Bonchev–Trinajstić information content (AvgIpc) is 3.00. The molecule has 1 fully saturated rings. The van der Waals surface area contributed by atoms with Gasteiger partial charge in [-0.15, -0.1) is 0 Å². The Labute approximate surface area is 77.4 Å². The molecule has 1 saturated carbocycles. The highest BCUT2D eigenvalue weighted by Gasteiger charge is 2.32. The average molecular weight is 176 g/mol. The third-order valence-corrected chi connectivity index (χ3v) is 2.29. The van der Waals surface area contributed by atoms with Crippen molar-refractivity contribution >= 4 is 11.6 Å². The molecule has 0 aliphatic heterocycles. The fourth-order valence-corrected chi connectivity index (χ4v) is 1.28. The largest absolute Gasteiger partial charge is 0.314 e. The second kappa shape index (κ2) is 3.17. The van der Waals surface area contributed by atoms with Gasteiger partial charge in [-0.05, 0) is 25.0 Å². The molecule has 0 aromatic carbocycles. The summed E-state index contributed by atoms with van der Waals surface area (Å²) >= 11 is 0. The number of pyridine rings is 1. The number of aromatic nitrogens is 1. The number of carbonyl (C=O) groups is 1. The van der Waals surface area contributed by atoms with E-state index < -0.39 is 0 Å². The molecule has 0 unspecified atom stereocenters. The lowest BCUT2D eigenvalue weighted by Gasteiger charge is -2.15. The van der Waals surface area contributed by atoms with Crippen molar-refractivity contribution in [2.45, 2.75) is 12.8 Å².